The number of nitrogens with zero attached hydrogens (tertiary/aromatic N) is 1. The molecule has 2 aromatic rings. The van der Waals surface area contributed by atoms with Crippen LogP contribution in [0.15, 0.2) is 53.4 Å². The van der Waals surface area contributed by atoms with Gasteiger partial charge in [0.05, 0.1) is 34.0 Å². The quantitative estimate of drug-likeness (QED) is 0.742. The fourth-order valence-corrected chi connectivity index (χ4v) is 5.85. The van der Waals surface area contributed by atoms with Gasteiger partial charge < -0.3 is 4.74 Å². The van der Waals surface area contributed by atoms with Gasteiger partial charge in [-0.3, -0.25) is 9.52 Å². The molecule has 10 heteroatoms. The Bertz CT molecular complexity index is 1130. The Morgan fingerprint density at radius 2 is 1.72 bits per heavy atom. The number of hydrogen-bond donors (Lipinski definition) is 1. The molecule has 1 heterocycles. The van der Waals surface area contributed by atoms with E-state index in [-0.39, 0.29) is 28.1 Å². The van der Waals surface area contributed by atoms with E-state index in [9.17, 15) is 21.6 Å². The molecule has 0 aromatic heterocycles. The van der Waals surface area contributed by atoms with Crippen LogP contribution in [0.1, 0.15) is 20.8 Å². The third-order valence-corrected chi connectivity index (χ3v) is 7.49. The van der Waals surface area contributed by atoms with Crippen molar-refractivity contribution in [2.24, 2.45) is 5.92 Å². The molecule has 8 nitrogen and oxygen atoms in total. The number of anilines is 2. The van der Waals surface area contributed by atoms with Gasteiger partial charge in [-0.2, -0.15) is 0 Å². The molecule has 29 heavy (non-hydrogen) atoms. The molecule has 0 radical (unpaired) electrons. The third kappa shape index (κ3) is 4.38. The molecule has 1 amide bonds. The van der Waals surface area contributed by atoms with Crippen LogP contribution >= 0.6 is 0 Å². The van der Waals surface area contributed by atoms with Gasteiger partial charge in [-0.05, 0) is 50.2 Å². The van der Waals surface area contributed by atoms with Crippen molar-refractivity contribution >= 4 is 37.3 Å². The lowest BCUT2D eigenvalue weighted by Crippen LogP contribution is -2.30. The number of hydrogen-bond acceptors (Lipinski definition) is 6. The number of benzene rings is 2. The zero-order valence-corrected chi connectivity index (χ0v) is 17.8. The third-order valence-electron chi connectivity index (χ3n) is 4.24. The Kier molecular flexibility index (Phi) is 5.59. The van der Waals surface area contributed by atoms with Crippen LogP contribution in [0, 0.1) is 5.92 Å². The maximum Gasteiger partial charge on any atom is 0.262 e. The molecule has 1 atom stereocenters. The number of amides is 1. The van der Waals surface area contributed by atoms with Crippen molar-refractivity contribution in [1.29, 1.82) is 0 Å². The summed E-state index contributed by atoms with van der Waals surface area (Å²) in [7, 11) is -7.70. The van der Waals surface area contributed by atoms with Gasteiger partial charge in [0.2, 0.25) is 15.9 Å². The monoisotopic (exact) mass is 438 g/mol. The molecule has 0 spiro atoms. The summed E-state index contributed by atoms with van der Waals surface area (Å²) in [4.78, 5) is 12.1. The molecule has 0 unspecified atom stereocenters. The molecule has 1 N–H and O–H groups in total. The number of carbonyl (C=O) groups is 1. The van der Waals surface area contributed by atoms with Crippen LogP contribution in [0.25, 0.3) is 0 Å². The van der Waals surface area contributed by atoms with Crippen LogP contribution in [0.3, 0.4) is 0 Å². The minimum absolute atomic E-state index is 0.0716. The summed E-state index contributed by atoms with van der Waals surface area (Å²) in [5, 5.41) is 0. The van der Waals surface area contributed by atoms with E-state index in [0.717, 1.165) is 4.31 Å². The Hall–Kier alpha value is -2.59. The molecule has 1 saturated heterocycles. The Morgan fingerprint density at radius 3 is 2.28 bits per heavy atom. The predicted molar refractivity (Wildman–Crippen MR) is 110 cm³/mol. The molecule has 0 aliphatic carbocycles. The predicted octanol–water partition coefficient (Wildman–Crippen LogP) is 2.59. The number of nitrogens with one attached hydrogen (secondary N) is 1. The van der Waals surface area contributed by atoms with Crippen molar-refractivity contribution < 1.29 is 26.4 Å². The fraction of sp³-hybridized carbons (Fsp3) is 0.316. The molecule has 3 rings (SSSR count). The SMILES string of the molecule is CC(C)Oc1ccccc1NS(=O)(=O)c1ccc(N2C(=O)[C@H](C)CS2(=O)=O)cc1. The molecule has 0 bridgehead atoms. The van der Waals surface area contributed by atoms with Gasteiger partial charge in [-0.25, -0.2) is 21.1 Å². The first kappa shape index (κ1) is 21.1. The summed E-state index contributed by atoms with van der Waals surface area (Å²) in [6, 6.07) is 11.8. The van der Waals surface area contributed by atoms with Gasteiger partial charge in [0.15, 0.2) is 0 Å². The maximum atomic E-state index is 12.8. The van der Waals surface area contributed by atoms with Crippen molar-refractivity contribution in [3.63, 3.8) is 0 Å². The molecule has 0 saturated carbocycles. The van der Waals surface area contributed by atoms with Crippen molar-refractivity contribution in [2.45, 2.75) is 31.8 Å². The fourth-order valence-electron chi connectivity index (χ4n) is 2.96. The number of sulfonamides is 2. The zero-order valence-electron chi connectivity index (χ0n) is 16.2. The summed E-state index contributed by atoms with van der Waals surface area (Å²) in [6.07, 6.45) is -0.137. The first-order valence-corrected chi connectivity index (χ1v) is 12.1. The lowest BCUT2D eigenvalue weighted by Gasteiger charge is -2.17. The van der Waals surface area contributed by atoms with Crippen LogP contribution in [0.5, 0.6) is 5.75 Å². The van der Waals surface area contributed by atoms with Gasteiger partial charge in [0.1, 0.15) is 5.75 Å². The molecule has 156 valence electrons. The van der Waals surface area contributed by atoms with E-state index in [2.05, 4.69) is 4.72 Å². The van der Waals surface area contributed by atoms with Crippen LogP contribution in [-0.2, 0) is 24.8 Å². The van der Waals surface area contributed by atoms with Crippen LogP contribution in [0.4, 0.5) is 11.4 Å². The van der Waals surface area contributed by atoms with Crippen molar-refractivity contribution in [2.75, 3.05) is 14.8 Å². The average Bonchev–Trinajstić information content (AvgIpc) is 2.83. The number of para-hydroxylation sites is 2. The average molecular weight is 439 g/mol. The minimum atomic E-state index is -3.95. The van der Waals surface area contributed by atoms with Crippen molar-refractivity contribution in [3.05, 3.63) is 48.5 Å². The second-order valence-corrected chi connectivity index (χ2v) is 10.6. The molecule has 2 aromatic carbocycles. The molecular weight excluding hydrogens is 416 g/mol. The summed E-state index contributed by atoms with van der Waals surface area (Å²) in [5.41, 5.74) is 0.401. The van der Waals surface area contributed by atoms with E-state index in [1.165, 1.54) is 24.3 Å². The van der Waals surface area contributed by atoms with E-state index in [4.69, 9.17) is 4.74 Å². The molecular formula is C19H22N2O6S2. The standard InChI is InChI=1S/C19H22N2O6S2/c1-13(2)27-18-7-5-4-6-17(18)20-29(25,26)16-10-8-15(9-11-16)21-19(22)14(3)12-28(21,23)24/h4-11,13-14,20H,12H2,1-3H3/t14-/m1/s1. The van der Waals surface area contributed by atoms with Crippen LogP contribution < -0.4 is 13.8 Å². The Morgan fingerprint density at radius 1 is 1.10 bits per heavy atom. The highest BCUT2D eigenvalue weighted by atomic mass is 32.2. The molecule has 1 fully saturated rings. The van der Waals surface area contributed by atoms with Gasteiger partial charge in [0.25, 0.3) is 10.0 Å². The summed E-state index contributed by atoms with van der Waals surface area (Å²) in [6.45, 7) is 5.20. The second kappa shape index (κ2) is 7.68. The normalized spacial score (nSPS) is 18.8. The van der Waals surface area contributed by atoms with Gasteiger partial charge in [0, 0.05) is 0 Å². The van der Waals surface area contributed by atoms with Crippen molar-refractivity contribution in [1.82, 2.24) is 0 Å². The second-order valence-electron chi connectivity index (χ2n) is 7.04. The first-order chi connectivity index (χ1) is 13.5. The molecule has 1 aliphatic rings. The van der Waals surface area contributed by atoms with E-state index in [1.807, 2.05) is 13.8 Å². The smallest absolute Gasteiger partial charge is 0.262 e. The summed E-state index contributed by atoms with van der Waals surface area (Å²) < 4.78 is 58.7. The van der Waals surface area contributed by atoms with Gasteiger partial charge in [-0.1, -0.05) is 19.1 Å². The van der Waals surface area contributed by atoms with E-state index < -0.39 is 31.9 Å². The lowest BCUT2D eigenvalue weighted by molar-refractivity contribution is -0.119. The molecule has 1 aliphatic heterocycles. The number of carbonyl (C=O) groups excluding carboxylic acids is 1. The first-order valence-electron chi connectivity index (χ1n) is 8.97. The highest BCUT2D eigenvalue weighted by molar-refractivity contribution is 7.94. The Balaban J connectivity index is 1.88. The highest BCUT2D eigenvalue weighted by Crippen LogP contribution is 2.31. The maximum absolute atomic E-state index is 12.8. The van der Waals surface area contributed by atoms with Crippen molar-refractivity contribution in [3.8, 4) is 5.75 Å². The highest BCUT2D eigenvalue weighted by Gasteiger charge is 2.42. The summed E-state index contributed by atoms with van der Waals surface area (Å²) >= 11 is 0. The zero-order chi connectivity index (χ0) is 21.4. The van der Waals surface area contributed by atoms with E-state index >= 15 is 0 Å². The van der Waals surface area contributed by atoms with E-state index in [0.29, 0.717) is 5.75 Å². The largest absolute Gasteiger partial charge is 0.489 e. The number of rotatable bonds is 6. The Labute approximate surface area is 170 Å². The van der Waals surface area contributed by atoms with Crippen LogP contribution in [-0.4, -0.2) is 34.6 Å². The lowest BCUT2D eigenvalue weighted by atomic mass is 10.2. The van der Waals surface area contributed by atoms with E-state index in [1.54, 1.807) is 31.2 Å². The van der Waals surface area contributed by atoms with Crippen LogP contribution in [0.2, 0.25) is 0 Å². The summed E-state index contributed by atoms with van der Waals surface area (Å²) in [5.74, 6) is -1.04. The topological polar surface area (TPSA) is 110 Å². The van der Waals surface area contributed by atoms with Gasteiger partial charge >= 0.3 is 0 Å². The minimum Gasteiger partial charge on any atom is -0.489 e. The van der Waals surface area contributed by atoms with Gasteiger partial charge in [-0.15, -0.1) is 0 Å². The number of ether oxygens (including phenoxy) is 1.